The van der Waals surface area contributed by atoms with Gasteiger partial charge < -0.3 is 4.90 Å². The van der Waals surface area contributed by atoms with E-state index in [9.17, 15) is 9.59 Å². The van der Waals surface area contributed by atoms with Crippen molar-refractivity contribution in [1.29, 1.82) is 0 Å². The third kappa shape index (κ3) is 4.04. The highest BCUT2D eigenvalue weighted by Gasteiger charge is 2.19. The second-order valence-corrected chi connectivity index (χ2v) is 6.52. The molecule has 6 nitrogen and oxygen atoms in total. The summed E-state index contributed by atoms with van der Waals surface area (Å²) in [5.74, 6) is 0.452. The summed E-state index contributed by atoms with van der Waals surface area (Å²) >= 11 is 1.33. The van der Waals surface area contributed by atoms with E-state index in [-0.39, 0.29) is 11.6 Å². The van der Waals surface area contributed by atoms with E-state index < -0.39 is 0 Å². The lowest BCUT2D eigenvalue weighted by Crippen LogP contribution is -2.29. The van der Waals surface area contributed by atoms with Gasteiger partial charge in [0.25, 0.3) is 0 Å². The predicted octanol–water partition coefficient (Wildman–Crippen LogP) is 1.53. The van der Waals surface area contributed by atoms with Gasteiger partial charge in [0.1, 0.15) is 0 Å². The molecule has 1 amide bonds. The molecule has 0 saturated carbocycles. The van der Waals surface area contributed by atoms with E-state index in [1.54, 1.807) is 4.57 Å². The van der Waals surface area contributed by atoms with Crippen LogP contribution in [0.2, 0.25) is 0 Å². The van der Waals surface area contributed by atoms with Gasteiger partial charge in [-0.15, -0.1) is 5.10 Å². The molecule has 2 aromatic rings. The predicted molar refractivity (Wildman–Crippen MR) is 89.5 cm³/mol. The van der Waals surface area contributed by atoms with Crippen LogP contribution in [-0.4, -0.2) is 44.4 Å². The van der Waals surface area contributed by atoms with Gasteiger partial charge >= 0.3 is 5.69 Å². The molecule has 1 aromatic heterocycles. The molecule has 0 atom stereocenters. The number of benzene rings is 1. The van der Waals surface area contributed by atoms with Gasteiger partial charge in [-0.3, -0.25) is 9.36 Å². The molecule has 0 bridgehead atoms. The van der Waals surface area contributed by atoms with Gasteiger partial charge in [0.15, 0.2) is 5.16 Å². The van der Waals surface area contributed by atoms with Crippen molar-refractivity contribution in [2.45, 2.75) is 31.0 Å². The summed E-state index contributed by atoms with van der Waals surface area (Å²) in [5.41, 5.74) is 0.946. The van der Waals surface area contributed by atoms with E-state index in [2.05, 4.69) is 10.2 Å². The van der Waals surface area contributed by atoms with Crippen molar-refractivity contribution >= 4 is 17.7 Å². The smallest absolute Gasteiger partial charge is 0.342 e. The summed E-state index contributed by atoms with van der Waals surface area (Å²) in [6, 6.07) is 10.0. The van der Waals surface area contributed by atoms with Crippen LogP contribution in [0, 0.1) is 0 Å². The molecule has 0 spiro atoms. The van der Waals surface area contributed by atoms with E-state index in [0.717, 1.165) is 32.4 Å². The Kier molecular flexibility index (Phi) is 5.17. The molecule has 1 aliphatic heterocycles. The first-order valence-electron chi connectivity index (χ1n) is 7.84. The Hall–Kier alpha value is -2.02. The average Bonchev–Trinajstić information content (AvgIpc) is 3.22. The van der Waals surface area contributed by atoms with Crippen molar-refractivity contribution in [3.63, 3.8) is 0 Å². The molecule has 1 aliphatic rings. The highest BCUT2D eigenvalue weighted by molar-refractivity contribution is 7.99. The number of hydrogen-bond acceptors (Lipinski definition) is 4. The molecule has 1 N–H and O–H groups in total. The first-order valence-corrected chi connectivity index (χ1v) is 8.82. The van der Waals surface area contributed by atoms with Crippen LogP contribution in [0.3, 0.4) is 0 Å². The number of amides is 1. The maximum absolute atomic E-state index is 12.1. The molecule has 0 unspecified atom stereocenters. The zero-order valence-corrected chi connectivity index (χ0v) is 13.7. The highest BCUT2D eigenvalue weighted by atomic mass is 32.2. The minimum absolute atomic E-state index is 0.123. The number of rotatable bonds is 6. The molecule has 0 radical (unpaired) electrons. The van der Waals surface area contributed by atoms with Crippen molar-refractivity contribution < 1.29 is 4.79 Å². The molecular weight excluding hydrogens is 312 g/mol. The first-order chi connectivity index (χ1) is 11.2. The third-order valence-electron chi connectivity index (χ3n) is 3.97. The van der Waals surface area contributed by atoms with E-state index in [4.69, 9.17) is 0 Å². The second-order valence-electron chi connectivity index (χ2n) is 5.58. The van der Waals surface area contributed by atoms with Crippen molar-refractivity contribution in [1.82, 2.24) is 19.7 Å². The van der Waals surface area contributed by atoms with Gasteiger partial charge in [0, 0.05) is 19.6 Å². The maximum atomic E-state index is 12.1. The van der Waals surface area contributed by atoms with E-state index in [1.165, 1.54) is 17.3 Å². The summed E-state index contributed by atoms with van der Waals surface area (Å²) < 4.78 is 1.61. The third-order valence-corrected chi connectivity index (χ3v) is 4.93. The summed E-state index contributed by atoms with van der Waals surface area (Å²) in [7, 11) is 0. The fraction of sp³-hybridized carbons (Fsp3) is 0.438. The van der Waals surface area contributed by atoms with Gasteiger partial charge in [-0.25, -0.2) is 9.89 Å². The molecule has 1 saturated heterocycles. The lowest BCUT2D eigenvalue weighted by molar-refractivity contribution is -0.127. The van der Waals surface area contributed by atoms with Gasteiger partial charge in [0.05, 0.1) is 5.75 Å². The number of carbonyl (C=O) groups is 1. The number of aryl methyl sites for hydroxylation is 1. The molecular formula is C16H20N4O2S. The average molecular weight is 332 g/mol. The van der Waals surface area contributed by atoms with Crippen LogP contribution in [-0.2, 0) is 17.8 Å². The zero-order valence-electron chi connectivity index (χ0n) is 12.9. The largest absolute Gasteiger partial charge is 0.343 e. The van der Waals surface area contributed by atoms with Crippen LogP contribution < -0.4 is 5.69 Å². The van der Waals surface area contributed by atoms with Gasteiger partial charge in [-0.05, 0) is 24.8 Å². The van der Waals surface area contributed by atoms with Crippen molar-refractivity contribution in [2.24, 2.45) is 0 Å². The van der Waals surface area contributed by atoms with E-state index in [1.807, 2.05) is 35.2 Å². The minimum Gasteiger partial charge on any atom is -0.342 e. The summed E-state index contributed by atoms with van der Waals surface area (Å²) in [6.07, 6.45) is 2.93. The minimum atomic E-state index is -0.225. The van der Waals surface area contributed by atoms with E-state index >= 15 is 0 Å². The Morgan fingerprint density at radius 3 is 2.70 bits per heavy atom. The quantitative estimate of drug-likeness (QED) is 0.815. The van der Waals surface area contributed by atoms with Crippen molar-refractivity contribution in [3.05, 3.63) is 46.4 Å². The lowest BCUT2D eigenvalue weighted by atomic mass is 10.1. The Labute approximate surface area is 138 Å². The standard InChI is InChI=1S/C16H20N4O2S/c21-14(19-9-4-5-10-19)12-23-16-18-17-15(22)20(16)11-8-13-6-2-1-3-7-13/h1-3,6-7H,4-5,8-12H2,(H,17,22). The molecule has 23 heavy (non-hydrogen) atoms. The van der Waals surface area contributed by atoms with Crippen LogP contribution in [0.5, 0.6) is 0 Å². The van der Waals surface area contributed by atoms with Crippen LogP contribution in [0.4, 0.5) is 0 Å². The topological polar surface area (TPSA) is 71.0 Å². The normalized spacial score (nSPS) is 14.3. The second kappa shape index (κ2) is 7.50. The maximum Gasteiger partial charge on any atom is 0.343 e. The number of aromatic amines is 1. The number of aromatic nitrogens is 3. The van der Waals surface area contributed by atoms with Crippen LogP contribution >= 0.6 is 11.8 Å². The molecule has 122 valence electrons. The Morgan fingerprint density at radius 1 is 1.22 bits per heavy atom. The molecule has 7 heteroatoms. The Morgan fingerprint density at radius 2 is 1.96 bits per heavy atom. The molecule has 1 fully saturated rings. The number of nitrogens with one attached hydrogen (secondary N) is 1. The van der Waals surface area contributed by atoms with E-state index in [0.29, 0.717) is 17.5 Å². The van der Waals surface area contributed by atoms with Crippen LogP contribution in [0.25, 0.3) is 0 Å². The number of hydrogen-bond donors (Lipinski definition) is 1. The summed E-state index contributed by atoms with van der Waals surface area (Å²) in [4.78, 5) is 25.9. The van der Waals surface area contributed by atoms with Crippen molar-refractivity contribution in [2.75, 3.05) is 18.8 Å². The number of nitrogens with zero attached hydrogens (tertiary/aromatic N) is 3. The van der Waals surface area contributed by atoms with Gasteiger partial charge in [-0.2, -0.15) is 0 Å². The first kappa shape index (κ1) is 15.9. The van der Waals surface area contributed by atoms with Gasteiger partial charge in [0.2, 0.25) is 5.91 Å². The zero-order chi connectivity index (χ0) is 16.1. The Bertz CT molecular complexity index is 704. The summed E-state index contributed by atoms with van der Waals surface area (Å²) in [6.45, 7) is 2.25. The molecule has 1 aromatic carbocycles. The lowest BCUT2D eigenvalue weighted by Gasteiger charge is -2.14. The summed E-state index contributed by atoms with van der Waals surface area (Å²) in [5, 5.41) is 7.10. The van der Waals surface area contributed by atoms with Crippen LogP contribution in [0.15, 0.2) is 40.3 Å². The van der Waals surface area contributed by atoms with Crippen molar-refractivity contribution in [3.8, 4) is 0 Å². The molecule has 3 rings (SSSR count). The highest BCUT2D eigenvalue weighted by Crippen LogP contribution is 2.16. The Balaban J connectivity index is 1.59. The fourth-order valence-electron chi connectivity index (χ4n) is 2.68. The monoisotopic (exact) mass is 332 g/mol. The number of H-pyrrole nitrogens is 1. The number of likely N-dealkylation sites (tertiary alicyclic amines) is 1. The fourth-order valence-corrected chi connectivity index (χ4v) is 3.56. The molecule has 2 heterocycles. The number of thioether (sulfide) groups is 1. The SMILES string of the molecule is O=C(CSc1n[nH]c(=O)n1CCc1ccccc1)N1CCCC1. The van der Waals surface area contributed by atoms with Gasteiger partial charge in [-0.1, -0.05) is 42.1 Å². The number of carbonyl (C=O) groups excluding carboxylic acids is 1. The van der Waals surface area contributed by atoms with Crippen LogP contribution in [0.1, 0.15) is 18.4 Å². The molecule has 0 aliphatic carbocycles.